The average Bonchev–Trinajstić information content (AvgIpc) is 2.75. The second-order valence-corrected chi connectivity index (χ2v) is 4.22. The maximum atomic E-state index is 11.5. The molecule has 3 rings (SSSR count). The molecular weight excluding hydrogens is 186 g/mol. The van der Waals surface area contributed by atoms with Gasteiger partial charge < -0.3 is 4.98 Å². The zero-order valence-corrected chi connectivity index (χ0v) is 8.76. The molecule has 2 aromatic rings. The lowest BCUT2D eigenvalue weighted by Crippen LogP contribution is -1.93. The number of aryl methyl sites for hydroxylation is 2. The van der Waals surface area contributed by atoms with Gasteiger partial charge in [-0.05, 0) is 37.8 Å². The monoisotopic (exact) mass is 199 g/mol. The molecule has 0 saturated heterocycles. The molecule has 1 heterocycles. The summed E-state index contributed by atoms with van der Waals surface area (Å²) in [5.74, 6) is 0.139. The molecule has 0 spiro atoms. The van der Waals surface area contributed by atoms with Crippen LogP contribution in [0.2, 0.25) is 0 Å². The minimum Gasteiger partial charge on any atom is -0.358 e. The number of Topliss-reactive ketones (excluding diaryl/α,β-unsaturated/α-hetero) is 1. The topological polar surface area (TPSA) is 32.9 Å². The molecule has 1 aliphatic carbocycles. The molecule has 0 amide bonds. The first-order valence-electron chi connectivity index (χ1n) is 5.41. The highest BCUT2D eigenvalue weighted by molar-refractivity contribution is 6.06. The van der Waals surface area contributed by atoms with Crippen molar-refractivity contribution >= 4 is 16.7 Å². The molecule has 0 aliphatic heterocycles. The number of hydrogen-bond acceptors (Lipinski definition) is 1. The fourth-order valence-corrected chi connectivity index (χ4v) is 2.56. The second-order valence-electron chi connectivity index (χ2n) is 4.22. The van der Waals surface area contributed by atoms with Crippen LogP contribution in [-0.2, 0) is 12.8 Å². The van der Waals surface area contributed by atoms with E-state index >= 15 is 0 Å². The van der Waals surface area contributed by atoms with Crippen LogP contribution in [-0.4, -0.2) is 10.8 Å². The first kappa shape index (κ1) is 8.72. The van der Waals surface area contributed by atoms with Crippen molar-refractivity contribution in [3.05, 3.63) is 35.0 Å². The van der Waals surface area contributed by atoms with E-state index in [-0.39, 0.29) is 5.78 Å². The van der Waals surface area contributed by atoms with E-state index in [4.69, 9.17) is 0 Å². The molecule has 1 N–H and O–H groups in total. The van der Waals surface area contributed by atoms with E-state index in [1.165, 1.54) is 23.1 Å². The lowest BCUT2D eigenvalue weighted by molar-refractivity contribution is 0.101. The van der Waals surface area contributed by atoms with Crippen LogP contribution in [0.5, 0.6) is 0 Å². The van der Waals surface area contributed by atoms with E-state index in [9.17, 15) is 4.79 Å². The summed E-state index contributed by atoms with van der Waals surface area (Å²) in [5, 5.41) is 1.25. The first-order chi connectivity index (χ1) is 7.27. The zero-order chi connectivity index (χ0) is 10.4. The van der Waals surface area contributed by atoms with Gasteiger partial charge in [0, 0.05) is 16.6 Å². The van der Waals surface area contributed by atoms with Crippen LogP contribution < -0.4 is 0 Å². The molecule has 0 saturated carbocycles. The Morgan fingerprint density at radius 2 is 2.20 bits per heavy atom. The third-order valence-electron chi connectivity index (χ3n) is 3.26. The number of para-hydroxylation sites is 1. The number of aromatic amines is 1. The molecule has 0 atom stereocenters. The maximum absolute atomic E-state index is 11.5. The Balaban J connectivity index is 2.37. The van der Waals surface area contributed by atoms with Gasteiger partial charge in [-0.1, -0.05) is 12.1 Å². The zero-order valence-electron chi connectivity index (χ0n) is 8.76. The summed E-state index contributed by atoms with van der Waals surface area (Å²) in [4.78, 5) is 14.9. The number of aromatic nitrogens is 1. The predicted molar refractivity (Wildman–Crippen MR) is 60.3 cm³/mol. The van der Waals surface area contributed by atoms with E-state index in [1.807, 2.05) is 12.1 Å². The van der Waals surface area contributed by atoms with E-state index in [0.717, 1.165) is 23.9 Å². The van der Waals surface area contributed by atoms with Gasteiger partial charge in [0.25, 0.3) is 0 Å². The summed E-state index contributed by atoms with van der Waals surface area (Å²) in [5.41, 5.74) is 4.61. The minimum absolute atomic E-state index is 0.139. The van der Waals surface area contributed by atoms with E-state index in [0.29, 0.717) is 0 Å². The summed E-state index contributed by atoms with van der Waals surface area (Å²) in [6.07, 6.45) is 3.51. The van der Waals surface area contributed by atoms with Gasteiger partial charge in [-0.2, -0.15) is 0 Å². The highest BCUT2D eigenvalue weighted by Gasteiger charge is 2.18. The van der Waals surface area contributed by atoms with Crippen LogP contribution in [0.15, 0.2) is 18.2 Å². The summed E-state index contributed by atoms with van der Waals surface area (Å²) >= 11 is 0. The SMILES string of the molecule is CC(=O)c1cccc2c3c([nH]c12)CCC3. The Morgan fingerprint density at radius 1 is 1.33 bits per heavy atom. The van der Waals surface area contributed by atoms with Gasteiger partial charge in [0.05, 0.1) is 5.52 Å². The largest absolute Gasteiger partial charge is 0.358 e. The lowest BCUT2D eigenvalue weighted by atomic mass is 10.1. The van der Waals surface area contributed by atoms with Crippen LogP contribution in [0.4, 0.5) is 0 Å². The van der Waals surface area contributed by atoms with Gasteiger partial charge in [-0.3, -0.25) is 4.79 Å². The van der Waals surface area contributed by atoms with Crippen LogP contribution >= 0.6 is 0 Å². The summed E-state index contributed by atoms with van der Waals surface area (Å²) in [6, 6.07) is 5.99. The normalized spacial score (nSPS) is 14.5. The van der Waals surface area contributed by atoms with Gasteiger partial charge >= 0.3 is 0 Å². The van der Waals surface area contributed by atoms with Crippen LogP contribution in [0, 0.1) is 0 Å². The molecule has 1 aliphatic rings. The number of nitrogens with one attached hydrogen (secondary N) is 1. The molecule has 1 aromatic heterocycles. The number of benzene rings is 1. The molecule has 1 aromatic carbocycles. The summed E-state index contributed by atoms with van der Waals surface area (Å²) in [7, 11) is 0. The number of H-pyrrole nitrogens is 1. The van der Waals surface area contributed by atoms with E-state index in [2.05, 4.69) is 11.1 Å². The fraction of sp³-hybridized carbons (Fsp3) is 0.308. The second kappa shape index (κ2) is 2.96. The number of carbonyl (C=O) groups is 1. The van der Waals surface area contributed by atoms with Crippen molar-refractivity contribution in [3.8, 4) is 0 Å². The first-order valence-corrected chi connectivity index (χ1v) is 5.41. The molecule has 76 valence electrons. The lowest BCUT2D eigenvalue weighted by Gasteiger charge is -1.99. The standard InChI is InChI=1S/C13H13NO/c1-8(15)9-4-2-6-11-10-5-3-7-12(10)14-13(9)11/h2,4,6,14H,3,5,7H2,1H3. The summed E-state index contributed by atoms with van der Waals surface area (Å²) in [6.45, 7) is 1.63. The Labute approximate surface area is 88.3 Å². The molecule has 0 fully saturated rings. The maximum Gasteiger partial charge on any atom is 0.161 e. The van der Waals surface area contributed by atoms with Gasteiger partial charge in [0.1, 0.15) is 0 Å². The Bertz CT molecular complexity index is 551. The third kappa shape index (κ3) is 1.14. The molecule has 0 unspecified atom stereocenters. The molecule has 15 heavy (non-hydrogen) atoms. The molecule has 2 nitrogen and oxygen atoms in total. The minimum atomic E-state index is 0.139. The molecular formula is C13H13NO. The van der Waals surface area contributed by atoms with Crippen molar-refractivity contribution in [2.45, 2.75) is 26.2 Å². The van der Waals surface area contributed by atoms with Gasteiger partial charge in [-0.25, -0.2) is 0 Å². The van der Waals surface area contributed by atoms with Crippen molar-refractivity contribution < 1.29 is 4.79 Å². The number of ketones is 1. The van der Waals surface area contributed by atoms with Crippen molar-refractivity contribution in [3.63, 3.8) is 0 Å². The average molecular weight is 199 g/mol. The molecule has 0 radical (unpaired) electrons. The van der Waals surface area contributed by atoms with Crippen molar-refractivity contribution in [2.24, 2.45) is 0 Å². The Hall–Kier alpha value is -1.57. The molecule has 2 heteroatoms. The molecule has 0 bridgehead atoms. The van der Waals surface area contributed by atoms with E-state index < -0.39 is 0 Å². The number of carbonyl (C=O) groups excluding carboxylic acids is 1. The quantitative estimate of drug-likeness (QED) is 0.704. The smallest absolute Gasteiger partial charge is 0.161 e. The van der Waals surface area contributed by atoms with E-state index in [1.54, 1.807) is 6.92 Å². The number of hydrogen-bond donors (Lipinski definition) is 1. The van der Waals surface area contributed by atoms with Gasteiger partial charge in [0.2, 0.25) is 0 Å². The van der Waals surface area contributed by atoms with Crippen LogP contribution in [0.1, 0.15) is 35.0 Å². The van der Waals surface area contributed by atoms with Gasteiger partial charge in [0.15, 0.2) is 5.78 Å². The number of fused-ring (bicyclic) bond motifs is 3. The Kier molecular flexibility index (Phi) is 1.72. The van der Waals surface area contributed by atoms with Gasteiger partial charge in [-0.15, -0.1) is 0 Å². The highest BCUT2D eigenvalue weighted by atomic mass is 16.1. The third-order valence-corrected chi connectivity index (χ3v) is 3.26. The van der Waals surface area contributed by atoms with Crippen LogP contribution in [0.25, 0.3) is 10.9 Å². The van der Waals surface area contributed by atoms with Crippen molar-refractivity contribution in [1.29, 1.82) is 0 Å². The fourth-order valence-electron chi connectivity index (χ4n) is 2.56. The van der Waals surface area contributed by atoms with Crippen molar-refractivity contribution in [2.75, 3.05) is 0 Å². The predicted octanol–water partition coefficient (Wildman–Crippen LogP) is 2.86. The number of rotatable bonds is 1. The highest BCUT2D eigenvalue weighted by Crippen LogP contribution is 2.31. The van der Waals surface area contributed by atoms with Crippen molar-refractivity contribution in [1.82, 2.24) is 4.98 Å². The Morgan fingerprint density at radius 3 is 3.00 bits per heavy atom. The van der Waals surface area contributed by atoms with Crippen LogP contribution in [0.3, 0.4) is 0 Å². The summed E-state index contributed by atoms with van der Waals surface area (Å²) < 4.78 is 0.